The number of ether oxygens (including phenoxy) is 2. The summed E-state index contributed by atoms with van der Waals surface area (Å²) in [5.41, 5.74) is 7.49. The summed E-state index contributed by atoms with van der Waals surface area (Å²) in [6.07, 6.45) is 0.399. The molecule has 0 bridgehead atoms. The van der Waals surface area contributed by atoms with E-state index in [1.165, 1.54) is 0 Å². The molecular weight excluding hydrogens is 228 g/mol. The molecule has 0 saturated carbocycles. The quantitative estimate of drug-likeness (QED) is 0.578. The van der Waals surface area contributed by atoms with Crippen LogP contribution in [0.2, 0.25) is 0 Å². The van der Waals surface area contributed by atoms with Crippen molar-refractivity contribution in [1.29, 1.82) is 0 Å². The molecule has 0 atom stereocenters. The Kier molecular flexibility index (Phi) is 5.78. The first-order valence-electron chi connectivity index (χ1n) is 6.40. The molecule has 0 amide bonds. The van der Waals surface area contributed by atoms with Crippen LogP contribution < -0.4 is 15.8 Å². The second-order valence-corrected chi connectivity index (χ2v) is 4.80. The fraction of sp³-hybridized carbons (Fsp3) is 0.571. The number of anilines is 2. The van der Waals surface area contributed by atoms with E-state index in [0.29, 0.717) is 12.3 Å². The summed E-state index contributed by atoms with van der Waals surface area (Å²) < 4.78 is 11.1. The standard InChI is InChI=1S/C14H24N2O2/c1-10(2)17-6-5-16-13-7-12(15)8-14(9-13)18-11(3)4/h7-11,16H,5-6,15H2,1-4H3. The Morgan fingerprint density at radius 3 is 2.44 bits per heavy atom. The van der Waals surface area contributed by atoms with Crippen molar-refractivity contribution in [3.8, 4) is 5.75 Å². The van der Waals surface area contributed by atoms with E-state index in [-0.39, 0.29) is 12.2 Å². The molecule has 1 aromatic rings. The molecule has 0 aliphatic rings. The van der Waals surface area contributed by atoms with Crippen LogP contribution in [0.4, 0.5) is 11.4 Å². The minimum absolute atomic E-state index is 0.143. The first-order valence-corrected chi connectivity index (χ1v) is 6.40. The molecule has 18 heavy (non-hydrogen) atoms. The zero-order chi connectivity index (χ0) is 13.5. The van der Waals surface area contributed by atoms with Crippen LogP contribution in [0.15, 0.2) is 18.2 Å². The molecule has 0 heterocycles. The van der Waals surface area contributed by atoms with Crippen LogP contribution in [0.25, 0.3) is 0 Å². The lowest BCUT2D eigenvalue weighted by Crippen LogP contribution is -2.13. The SMILES string of the molecule is CC(C)OCCNc1cc(N)cc(OC(C)C)c1. The molecule has 0 saturated heterocycles. The molecule has 0 unspecified atom stereocenters. The molecular formula is C14H24N2O2. The Bertz CT molecular complexity index is 365. The maximum Gasteiger partial charge on any atom is 0.123 e. The molecule has 102 valence electrons. The smallest absolute Gasteiger partial charge is 0.123 e. The van der Waals surface area contributed by atoms with E-state index >= 15 is 0 Å². The zero-order valence-corrected chi connectivity index (χ0v) is 11.7. The van der Waals surface area contributed by atoms with Gasteiger partial charge >= 0.3 is 0 Å². The molecule has 0 aliphatic heterocycles. The first-order chi connectivity index (χ1) is 8.47. The van der Waals surface area contributed by atoms with Gasteiger partial charge in [0, 0.05) is 30.1 Å². The molecule has 3 N–H and O–H groups in total. The van der Waals surface area contributed by atoms with Gasteiger partial charge in [-0.15, -0.1) is 0 Å². The van der Waals surface area contributed by atoms with Crippen molar-refractivity contribution in [1.82, 2.24) is 0 Å². The van der Waals surface area contributed by atoms with Gasteiger partial charge in [-0.2, -0.15) is 0 Å². The molecule has 0 radical (unpaired) electrons. The number of nitrogens with two attached hydrogens (primary N) is 1. The number of hydrogen-bond acceptors (Lipinski definition) is 4. The minimum atomic E-state index is 0.143. The van der Waals surface area contributed by atoms with Gasteiger partial charge in [0.1, 0.15) is 5.75 Å². The van der Waals surface area contributed by atoms with Crippen molar-refractivity contribution in [3.05, 3.63) is 18.2 Å². The van der Waals surface area contributed by atoms with Crippen molar-refractivity contribution in [3.63, 3.8) is 0 Å². The second kappa shape index (κ2) is 7.11. The highest BCUT2D eigenvalue weighted by atomic mass is 16.5. The fourth-order valence-corrected chi connectivity index (χ4v) is 1.55. The number of nitrogen functional groups attached to an aromatic ring is 1. The van der Waals surface area contributed by atoms with Gasteiger partial charge in [-0.1, -0.05) is 0 Å². The van der Waals surface area contributed by atoms with Gasteiger partial charge in [0.05, 0.1) is 18.8 Å². The van der Waals surface area contributed by atoms with Gasteiger partial charge < -0.3 is 20.5 Å². The zero-order valence-electron chi connectivity index (χ0n) is 11.7. The van der Waals surface area contributed by atoms with E-state index < -0.39 is 0 Å². The van der Waals surface area contributed by atoms with Crippen LogP contribution in [0.5, 0.6) is 5.75 Å². The van der Waals surface area contributed by atoms with E-state index in [1.54, 1.807) is 0 Å². The molecule has 1 aromatic carbocycles. The Hall–Kier alpha value is -1.42. The van der Waals surface area contributed by atoms with Crippen molar-refractivity contribution < 1.29 is 9.47 Å². The maximum absolute atomic E-state index is 5.84. The van der Waals surface area contributed by atoms with Gasteiger partial charge in [0.25, 0.3) is 0 Å². The third kappa shape index (κ3) is 5.77. The van der Waals surface area contributed by atoms with Gasteiger partial charge in [0.15, 0.2) is 0 Å². The van der Waals surface area contributed by atoms with Gasteiger partial charge in [-0.3, -0.25) is 0 Å². The lowest BCUT2D eigenvalue weighted by atomic mass is 10.2. The lowest BCUT2D eigenvalue weighted by molar-refractivity contribution is 0.0870. The van der Waals surface area contributed by atoms with Crippen LogP contribution in [0.3, 0.4) is 0 Å². The topological polar surface area (TPSA) is 56.5 Å². The largest absolute Gasteiger partial charge is 0.491 e. The number of hydrogen-bond donors (Lipinski definition) is 2. The number of rotatable bonds is 7. The highest BCUT2D eigenvalue weighted by Gasteiger charge is 2.02. The van der Waals surface area contributed by atoms with Crippen LogP contribution in [-0.2, 0) is 4.74 Å². The van der Waals surface area contributed by atoms with Crippen molar-refractivity contribution >= 4 is 11.4 Å². The summed E-state index contributed by atoms with van der Waals surface area (Å²) in [7, 11) is 0. The minimum Gasteiger partial charge on any atom is -0.491 e. The van der Waals surface area contributed by atoms with E-state index in [9.17, 15) is 0 Å². The van der Waals surface area contributed by atoms with Gasteiger partial charge in [-0.05, 0) is 33.8 Å². The Morgan fingerprint density at radius 2 is 1.83 bits per heavy atom. The summed E-state index contributed by atoms with van der Waals surface area (Å²) in [5, 5.41) is 3.27. The highest BCUT2D eigenvalue weighted by Crippen LogP contribution is 2.23. The second-order valence-electron chi connectivity index (χ2n) is 4.80. The Morgan fingerprint density at radius 1 is 1.11 bits per heavy atom. The third-order valence-electron chi connectivity index (χ3n) is 2.18. The van der Waals surface area contributed by atoms with E-state index in [2.05, 4.69) is 5.32 Å². The van der Waals surface area contributed by atoms with Crippen LogP contribution in [0.1, 0.15) is 27.7 Å². The van der Waals surface area contributed by atoms with Crippen LogP contribution >= 0.6 is 0 Å². The van der Waals surface area contributed by atoms with E-state index in [0.717, 1.165) is 18.0 Å². The van der Waals surface area contributed by atoms with Gasteiger partial charge in [0.2, 0.25) is 0 Å². The predicted molar refractivity (Wildman–Crippen MR) is 76.2 cm³/mol. The van der Waals surface area contributed by atoms with Gasteiger partial charge in [-0.25, -0.2) is 0 Å². The predicted octanol–water partition coefficient (Wildman–Crippen LogP) is 2.89. The average Bonchev–Trinajstić information content (AvgIpc) is 2.22. The summed E-state index contributed by atoms with van der Waals surface area (Å²) >= 11 is 0. The summed E-state index contributed by atoms with van der Waals surface area (Å²) in [5.74, 6) is 0.789. The molecule has 4 heteroatoms. The van der Waals surface area contributed by atoms with E-state index in [1.807, 2.05) is 45.9 Å². The normalized spacial score (nSPS) is 11.0. The molecule has 0 aromatic heterocycles. The van der Waals surface area contributed by atoms with Crippen molar-refractivity contribution in [2.75, 3.05) is 24.2 Å². The molecule has 1 rings (SSSR count). The third-order valence-corrected chi connectivity index (χ3v) is 2.18. The molecule has 0 aliphatic carbocycles. The number of benzene rings is 1. The average molecular weight is 252 g/mol. The fourth-order valence-electron chi connectivity index (χ4n) is 1.55. The van der Waals surface area contributed by atoms with Crippen LogP contribution in [-0.4, -0.2) is 25.4 Å². The molecule has 0 fully saturated rings. The summed E-state index contributed by atoms with van der Waals surface area (Å²) in [6, 6.07) is 5.67. The molecule has 4 nitrogen and oxygen atoms in total. The first kappa shape index (κ1) is 14.6. The monoisotopic (exact) mass is 252 g/mol. The molecule has 0 spiro atoms. The highest BCUT2D eigenvalue weighted by molar-refractivity contribution is 5.59. The Balaban J connectivity index is 2.51. The van der Waals surface area contributed by atoms with Crippen LogP contribution in [0, 0.1) is 0 Å². The summed E-state index contributed by atoms with van der Waals surface area (Å²) in [6.45, 7) is 9.46. The maximum atomic E-state index is 5.84. The summed E-state index contributed by atoms with van der Waals surface area (Å²) in [4.78, 5) is 0. The van der Waals surface area contributed by atoms with E-state index in [4.69, 9.17) is 15.2 Å². The van der Waals surface area contributed by atoms with Crippen molar-refractivity contribution in [2.45, 2.75) is 39.9 Å². The van der Waals surface area contributed by atoms with Crippen molar-refractivity contribution in [2.24, 2.45) is 0 Å². The lowest BCUT2D eigenvalue weighted by Gasteiger charge is -2.14. The number of nitrogens with one attached hydrogen (secondary N) is 1. The Labute approximate surface area is 109 Å².